The molecule has 0 radical (unpaired) electrons. The van der Waals surface area contributed by atoms with Gasteiger partial charge in [0.05, 0.1) is 37.4 Å². The number of nitrogens with one attached hydrogen (secondary N) is 1. The monoisotopic (exact) mass is 567 g/mol. The van der Waals surface area contributed by atoms with E-state index in [1.54, 1.807) is 0 Å². The smallest absolute Gasteiger partial charge is 0.356 e. The minimum Gasteiger partial charge on any atom is -0.461 e. The van der Waals surface area contributed by atoms with Crippen molar-refractivity contribution in [3.05, 3.63) is 41.6 Å². The molecule has 0 spiro atoms. The van der Waals surface area contributed by atoms with E-state index in [0.717, 1.165) is 18.4 Å². The van der Waals surface area contributed by atoms with Gasteiger partial charge >= 0.3 is 13.6 Å². The maximum absolute atomic E-state index is 11.4. The van der Waals surface area contributed by atoms with Crippen LogP contribution in [0.25, 0.3) is 11.0 Å². The van der Waals surface area contributed by atoms with Crippen LogP contribution in [-0.2, 0) is 20.5 Å². The lowest BCUT2D eigenvalue weighted by Gasteiger charge is -2.20. The Labute approximate surface area is 222 Å². The molecular formula is C23H30N5O10P. The maximum atomic E-state index is 11.4. The number of aliphatic hydroxyl groups is 4. The topological polar surface area (TPSA) is 222 Å². The lowest BCUT2D eigenvalue weighted by molar-refractivity contribution is -0.0807. The summed E-state index contributed by atoms with van der Waals surface area (Å²) in [6.45, 7) is -1.78. The Balaban J connectivity index is 1.42. The molecule has 1 fully saturated rings. The third-order valence-electron chi connectivity index (χ3n) is 6.76. The highest BCUT2D eigenvalue weighted by Crippen LogP contribution is 2.42. The van der Waals surface area contributed by atoms with Crippen LogP contribution in [0.4, 0.5) is 5.82 Å². The minimum absolute atomic E-state index is 0.0292. The van der Waals surface area contributed by atoms with Crippen LogP contribution in [0.5, 0.6) is 6.01 Å². The zero-order valence-electron chi connectivity index (χ0n) is 20.6. The number of rotatable bonds is 11. The largest absolute Gasteiger partial charge is 0.461 e. The number of hydrogen-bond donors (Lipinski definition) is 7. The Kier molecular flexibility index (Phi) is 8.14. The Morgan fingerprint density at radius 3 is 2.72 bits per heavy atom. The molecule has 2 aliphatic rings. The predicted octanol–water partition coefficient (Wildman–Crippen LogP) is -0.571. The van der Waals surface area contributed by atoms with E-state index in [-0.39, 0.29) is 30.9 Å². The molecular weight excluding hydrogens is 537 g/mol. The van der Waals surface area contributed by atoms with Gasteiger partial charge in [-0.3, -0.25) is 4.57 Å². The summed E-state index contributed by atoms with van der Waals surface area (Å²) < 4.78 is 29.0. The van der Waals surface area contributed by atoms with Gasteiger partial charge in [0.1, 0.15) is 30.7 Å². The summed E-state index contributed by atoms with van der Waals surface area (Å²) in [5.74, 6) is -1.38. The number of ether oxygens (including phenoxy) is 3. The number of aryl methyl sites for hydroxylation is 1. The SMILES string of the molecule is O=P(O)(O)C(CO)OC[C@H]1O[C@@H](n2ncc3c(N[C@@H]4CCc5ccccc54)nc(OCCO)nc32)[C@H](O)[C@@H]1O. The molecule has 0 amide bonds. The molecule has 2 aromatic heterocycles. The Morgan fingerprint density at radius 1 is 1.18 bits per heavy atom. The first-order valence-electron chi connectivity index (χ1n) is 12.3. The van der Waals surface area contributed by atoms with E-state index < -0.39 is 51.2 Å². The first kappa shape index (κ1) is 27.8. The van der Waals surface area contributed by atoms with Crippen molar-refractivity contribution < 1.29 is 49.0 Å². The summed E-state index contributed by atoms with van der Waals surface area (Å²) in [6, 6.07) is 8.00. The second-order valence-corrected chi connectivity index (χ2v) is 11.0. The molecule has 212 valence electrons. The number of hydrogen-bond acceptors (Lipinski definition) is 12. The van der Waals surface area contributed by atoms with E-state index in [9.17, 15) is 34.8 Å². The highest BCUT2D eigenvalue weighted by molar-refractivity contribution is 7.52. The molecule has 1 aromatic carbocycles. The van der Waals surface area contributed by atoms with Crippen molar-refractivity contribution in [1.82, 2.24) is 19.7 Å². The molecule has 0 bridgehead atoms. The van der Waals surface area contributed by atoms with Gasteiger partial charge in [-0.05, 0) is 24.0 Å². The van der Waals surface area contributed by atoms with Gasteiger partial charge in [0.15, 0.2) is 17.7 Å². The second kappa shape index (κ2) is 11.4. The summed E-state index contributed by atoms with van der Waals surface area (Å²) in [7, 11) is -4.76. The molecule has 1 aliphatic carbocycles. The molecule has 1 saturated heterocycles. The Bertz CT molecular complexity index is 1350. The van der Waals surface area contributed by atoms with Crippen LogP contribution in [0, 0.1) is 0 Å². The Morgan fingerprint density at radius 2 is 1.97 bits per heavy atom. The molecule has 39 heavy (non-hydrogen) atoms. The fourth-order valence-electron chi connectivity index (χ4n) is 4.81. The van der Waals surface area contributed by atoms with Gasteiger partial charge in [0.2, 0.25) is 0 Å². The van der Waals surface area contributed by atoms with Crippen LogP contribution in [0.2, 0.25) is 0 Å². The average Bonchev–Trinajstić information content (AvgIpc) is 3.59. The lowest BCUT2D eigenvalue weighted by Crippen LogP contribution is -2.35. The Hall–Kier alpha value is -2.72. The van der Waals surface area contributed by atoms with Crippen molar-refractivity contribution in [2.45, 2.75) is 49.3 Å². The highest BCUT2D eigenvalue weighted by Gasteiger charge is 2.46. The summed E-state index contributed by atoms with van der Waals surface area (Å²) in [6.07, 6.45) is -2.20. The van der Waals surface area contributed by atoms with Crippen LogP contribution in [0.3, 0.4) is 0 Å². The van der Waals surface area contributed by atoms with Gasteiger partial charge < -0.3 is 49.7 Å². The van der Waals surface area contributed by atoms with E-state index >= 15 is 0 Å². The second-order valence-electron chi connectivity index (χ2n) is 9.29. The van der Waals surface area contributed by atoms with Crippen molar-refractivity contribution >= 4 is 24.4 Å². The van der Waals surface area contributed by atoms with Crippen LogP contribution in [-0.4, -0.2) is 101 Å². The molecule has 15 nitrogen and oxygen atoms in total. The predicted molar refractivity (Wildman–Crippen MR) is 134 cm³/mol. The van der Waals surface area contributed by atoms with Crippen molar-refractivity contribution in [3.63, 3.8) is 0 Å². The molecule has 7 N–H and O–H groups in total. The fraction of sp³-hybridized carbons (Fsp3) is 0.522. The first-order chi connectivity index (χ1) is 18.7. The molecule has 3 heterocycles. The van der Waals surface area contributed by atoms with Gasteiger partial charge in [-0.15, -0.1) is 0 Å². The zero-order chi connectivity index (χ0) is 27.7. The third kappa shape index (κ3) is 5.63. The van der Waals surface area contributed by atoms with Gasteiger partial charge in [-0.2, -0.15) is 15.1 Å². The summed E-state index contributed by atoms with van der Waals surface area (Å²) in [5.41, 5.74) is 2.60. The average molecular weight is 567 g/mol. The van der Waals surface area contributed by atoms with Crippen molar-refractivity contribution in [3.8, 4) is 6.01 Å². The van der Waals surface area contributed by atoms with E-state index in [4.69, 9.17) is 14.2 Å². The summed E-state index contributed by atoms with van der Waals surface area (Å²) in [5, 5.41) is 47.9. The van der Waals surface area contributed by atoms with E-state index in [1.165, 1.54) is 16.4 Å². The quantitative estimate of drug-likeness (QED) is 0.144. The highest BCUT2D eigenvalue weighted by atomic mass is 31.2. The molecule has 5 rings (SSSR count). The molecule has 6 atom stereocenters. The normalized spacial score (nSPS) is 25.6. The zero-order valence-corrected chi connectivity index (χ0v) is 21.5. The maximum Gasteiger partial charge on any atom is 0.356 e. The van der Waals surface area contributed by atoms with Crippen LogP contribution >= 0.6 is 7.60 Å². The molecule has 3 aromatic rings. The number of aliphatic hydroxyl groups excluding tert-OH is 4. The molecule has 1 aliphatic heterocycles. The van der Waals surface area contributed by atoms with Gasteiger partial charge in [0.25, 0.3) is 0 Å². The number of fused-ring (bicyclic) bond motifs is 2. The molecule has 0 saturated carbocycles. The number of benzene rings is 1. The summed E-state index contributed by atoms with van der Waals surface area (Å²) in [4.78, 5) is 27.4. The third-order valence-corrected chi connectivity index (χ3v) is 7.82. The molecule has 1 unspecified atom stereocenters. The molecule has 16 heteroatoms. The van der Waals surface area contributed by atoms with Crippen molar-refractivity contribution in [1.29, 1.82) is 0 Å². The number of aromatic nitrogens is 4. The van der Waals surface area contributed by atoms with E-state index in [2.05, 4.69) is 26.4 Å². The number of anilines is 1. The van der Waals surface area contributed by atoms with Gasteiger partial charge in [-0.25, -0.2) is 4.68 Å². The van der Waals surface area contributed by atoms with Crippen LogP contribution in [0.15, 0.2) is 30.5 Å². The lowest BCUT2D eigenvalue weighted by atomic mass is 10.1. The standard InChI is InChI=1S/C23H30N5O10P/c29-7-8-36-23-26-20(25-15-6-5-12-3-1-2-4-13(12)15)14-9-24-28(21(14)27-23)22-19(32)18(31)16(38-22)11-37-17(10-30)39(33,34)35/h1-4,9,15-19,22,29-32H,5-8,10-11H2,(H,25,26,27)(H2,33,34,35)/t15-,16-,17?,18-,19-,22-/m1/s1. The fourth-order valence-corrected chi connectivity index (χ4v) is 5.30. The van der Waals surface area contributed by atoms with Crippen molar-refractivity contribution in [2.75, 3.05) is 31.7 Å². The minimum atomic E-state index is -4.76. The van der Waals surface area contributed by atoms with Crippen molar-refractivity contribution in [2.24, 2.45) is 0 Å². The number of nitrogens with zero attached hydrogens (tertiary/aromatic N) is 4. The summed E-state index contributed by atoms with van der Waals surface area (Å²) >= 11 is 0. The van der Waals surface area contributed by atoms with Gasteiger partial charge in [-0.1, -0.05) is 24.3 Å². The van der Waals surface area contributed by atoms with Gasteiger partial charge in [0, 0.05) is 0 Å². The van der Waals surface area contributed by atoms with Crippen LogP contribution < -0.4 is 10.1 Å². The first-order valence-corrected chi connectivity index (χ1v) is 14.0. The van der Waals surface area contributed by atoms with E-state index in [0.29, 0.717) is 11.2 Å². The van der Waals surface area contributed by atoms with Crippen LogP contribution in [0.1, 0.15) is 29.8 Å². The van der Waals surface area contributed by atoms with E-state index in [1.807, 2.05) is 18.2 Å².